The molecule has 3 N–H and O–H groups in total. The van der Waals surface area contributed by atoms with E-state index in [1.807, 2.05) is 6.08 Å². The van der Waals surface area contributed by atoms with Gasteiger partial charge in [0.2, 0.25) is 0 Å². The van der Waals surface area contributed by atoms with Crippen LogP contribution >= 0.6 is 0 Å². The molecule has 3 unspecified atom stereocenters. The van der Waals surface area contributed by atoms with Crippen molar-refractivity contribution in [2.75, 3.05) is 6.54 Å². The van der Waals surface area contributed by atoms with Gasteiger partial charge in [0.05, 0.1) is 12.2 Å². The molecule has 0 saturated carbocycles. The molecule has 3 nitrogen and oxygen atoms in total. The molecule has 0 aliphatic carbocycles. The number of aliphatic hydroxyl groups excluding tert-OH is 2. The summed E-state index contributed by atoms with van der Waals surface area (Å²) in [7, 11) is 0. The lowest BCUT2D eigenvalue weighted by molar-refractivity contribution is 0.0795. The number of hydrogen-bond acceptors (Lipinski definition) is 3. The number of rotatable bonds is 14. The van der Waals surface area contributed by atoms with Crippen molar-refractivity contribution in [3.63, 3.8) is 0 Å². The third-order valence-corrected chi connectivity index (χ3v) is 4.88. The summed E-state index contributed by atoms with van der Waals surface area (Å²) in [4.78, 5) is 0. The minimum absolute atomic E-state index is 0.176. The van der Waals surface area contributed by atoms with Crippen LogP contribution in [0.2, 0.25) is 0 Å². The fourth-order valence-electron chi connectivity index (χ4n) is 3.36. The first-order valence-corrected chi connectivity index (χ1v) is 10.00. The quantitative estimate of drug-likeness (QED) is 0.329. The summed E-state index contributed by atoms with van der Waals surface area (Å²) in [5, 5.41) is 23.3. The minimum atomic E-state index is -0.508. The first-order chi connectivity index (χ1) is 11.2. The Bertz CT molecular complexity index is 287. The Labute approximate surface area is 143 Å². The summed E-state index contributed by atoms with van der Waals surface area (Å²) in [6, 6.07) is 0.176. The van der Waals surface area contributed by atoms with Crippen molar-refractivity contribution in [1.29, 1.82) is 0 Å². The van der Waals surface area contributed by atoms with Gasteiger partial charge in [0.25, 0.3) is 0 Å². The lowest BCUT2D eigenvalue weighted by Gasteiger charge is -2.19. The molecular formula is C20H39NO2. The Balaban J connectivity index is 1.90. The zero-order valence-corrected chi connectivity index (χ0v) is 15.2. The SMILES string of the molecule is CCCCCCCCCCCC=CC(O)CC(O)C1CCCN1. The van der Waals surface area contributed by atoms with E-state index in [-0.39, 0.29) is 6.04 Å². The molecule has 1 aliphatic heterocycles. The Hall–Kier alpha value is -0.380. The maximum Gasteiger partial charge on any atom is 0.0746 e. The van der Waals surface area contributed by atoms with E-state index in [9.17, 15) is 10.2 Å². The van der Waals surface area contributed by atoms with Gasteiger partial charge in [0.15, 0.2) is 0 Å². The predicted octanol–water partition coefficient (Wildman–Crippen LogP) is 4.33. The zero-order chi connectivity index (χ0) is 16.8. The molecule has 0 spiro atoms. The average Bonchev–Trinajstić information content (AvgIpc) is 3.07. The highest BCUT2D eigenvalue weighted by molar-refractivity contribution is 4.92. The molecule has 1 saturated heterocycles. The largest absolute Gasteiger partial charge is 0.391 e. The van der Waals surface area contributed by atoms with E-state index in [4.69, 9.17) is 0 Å². The van der Waals surface area contributed by atoms with Crippen LogP contribution in [0.1, 0.15) is 90.4 Å². The topological polar surface area (TPSA) is 52.5 Å². The van der Waals surface area contributed by atoms with E-state index in [0.717, 1.165) is 25.8 Å². The van der Waals surface area contributed by atoms with Gasteiger partial charge >= 0.3 is 0 Å². The van der Waals surface area contributed by atoms with Crippen molar-refractivity contribution in [1.82, 2.24) is 5.32 Å². The highest BCUT2D eigenvalue weighted by atomic mass is 16.3. The maximum atomic E-state index is 10.0. The van der Waals surface area contributed by atoms with Crippen LogP contribution in [-0.4, -0.2) is 35.0 Å². The van der Waals surface area contributed by atoms with Crippen molar-refractivity contribution in [2.24, 2.45) is 0 Å². The Morgan fingerprint density at radius 1 is 1.00 bits per heavy atom. The van der Waals surface area contributed by atoms with Crippen LogP contribution in [-0.2, 0) is 0 Å². The van der Waals surface area contributed by atoms with Crippen molar-refractivity contribution in [3.05, 3.63) is 12.2 Å². The van der Waals surface area contributed by atoms with E-state index < -0.39 is 12.2 Å². The summed E-state index contributed by atoms with van der Waals surface area (Å²) < 4.78 is 0. The van der Waals surface area contributed by atoms with Crippen LogP contribution in [0.5, 0.6) is 0 Å². The standard InChI is InChI=1S/C20H39NO2/c1-2-3-4-5-6-7-8-9-10-11-12-14-18(22)17-20(23)19-15-13-16-21-19/h12,14,18-23H,2-11,13,15-17H2,1H3. The van der Waals surface area contributed by atoms with Crippen LogP contribution in [0, 0.1) is 0 Å². The molecule has 3 heteroatoms. The Morgan fingerprint density at radius 2 is 1.65 bits per heavy atom. The van der Waals surface area contributed by atoms with Crippen LogP contribution in [0.25, 0.3) is 0 Å². The lowest BCUT2D eigenvalue weighted by Crippen LogP contribution is -2.36. The summed E-state index contributed by atoms with van der Waals surface area (Å²) in [5.41, 5.74) is 0. The first kappa shape index (κ1) is 20.7. The second kappa shape index (κ2) is 14.0. The van der Waals surface area contributed by atoms with E-state index in [1.165, 1.54) is 57.8 Å². The van der Waals surface area contributed by atoms with Gasteiger partial charge in [-0.1, -0.05) is 70.4 Å². The number of aliphatic hydroxyl groups is 2. The van der Waals surface area contributed by atoms with Gasteiger partial charge in [-0.15, -0.1) is 0 Å². The van der Waals surface area contributed by atoms with Gasteiger partial charge in [0.1, 0.15) is 0 Å². The maximum absolute atomic E-state index is 10.0. The molecular weight excluding hydrogens is 286 g/mol. The molecule has 1 fully saturated rings. The number of unbranched alkanes of at least 4 members (excludes halogenated alkanes) is 9. The van der Waals surface area contributed by atoms with Gasteiger partial charge in [-0.25, -0.2) is 0 Å². The molecule has 0 radical (unpaired) electrons. The van der Waals surface area contributed by atoms with Gasteiger partial charge in [-0.2, -0.15) is 0 Å². The summed E-state index contributed by atoms with van der Waals surface area (Å²) in [6.45, 7) is 3.25. The van der Waals surface area contributed by atoms with Gasteiger partial charge in [-0.3, -0.25) is 0 Å². The molecule has 136 valence electrons. The molecule has 0 amide bonds. The van der Waals surface area contributed by atoms with Gasteiger partial charge in [-0.05, 0) is 32.2 Å². The molecule has 0 aromatic rings. The average molecular weight is 326 g/mol. The Morgan fingerprint density at radius 3 is 2.26 bits per heavy atom. The van der Waals surface area contributed by atoms with Gasteiger partial charge in [0, 0.05) is 12.5 Å². The van der Waals surface area contributed by atoms with Crippen LogP contribution in [0.3, 0.4) is 0 Å². The van der Waals surface area contributed by atoms with E-state index in [0.29, 0.717) is 6.42 Å². The van der Waals surface area contributed by atoms with E-state index in [1.54, 1.807) is 0 Å². The number of allylic oxidation sites excluding steroid dienone is 1. The second-order valence-electron chi connectivity index (χ2n) is 7.12. The van der Waals surface area contributed by atoms with Crippen LogP contribution in [0.15, 0.2) is 12.2 Å². The normalized spacial score (nSPS) is 21.1. The van der Waals surface area contributed by atoms with E-state index >= 15 is 0 Å². The number of hydrogen-bond donors (Lipinski definition) is 3. The fraction of sp³-hybridized carbons (Fsp3) is 0.900. The minimum Gasteiger partial charge on any atom is -0.391 e. The first-order valence-electron chi connectivity index (χ1n) is 10.00. The second-order valence-corrected chi connectivity index (χ2v) is 7.12. The molecule has 0 aromatic heterocycles. The molecule has 0 bridgehead atoms. The molecule has 1 aliphatic rings. The Kier molecular flexibility index (Phi) is 12.6. The summed E-state index contributed by atoms with van der Waals surface area (Å²) >= 11 is 0. The van der Waals surface area contributed by atoms with Crippen molar-refractivity contribution < 1.29 is 10.2 Å². The smallest absolute Gasteiger partial charge is 0.0746 e. The zero-order valence-electron chi connectivity index (χ0n) is 15.2. The summed E-state index contributed by atoms with van der Waals surface area (Å²) in [5.74, 6) is 0. The monoisotopic (exact) mass is 325 g/mol. The van der Waals surface area contributed by atoms with Gasteiger partial charge < -0.3 is 15.5 Å². The predicted molar refractivity (Wildman–Crippen MR) is 98.6 cm³/mol. The van der Waals surface area contributed by atoms with Crippen LogP contribution in [0.4, 0.5) is 0 Å². The van der Waals surface area contributed by atoms with Crippen molar-refractivity contribution in [3.8, 4) is 0 Å². The lowest BCUT2D eigenvalue weighted by atomic mass is 10.0. The molecule has 1 rings (SSSR count). The number of nitrogens with one attached hydrogen (secondary N) is 1. The molecule has 1 heterocycles. The summed E-state index contributed by atoms with van der Waals surface area (Å²) in [6.07, 6.45) is 18.8. The molecule has 0 aromatic carbocycles. The molecule has 3 atom stereocenters. The highest BCUT2D eigenvalue weighted by Gasteiger charge is 2.23. The van der Waals surface area contributed by atoms with Crippen molar-refractivity contribution >= 4 is 0 Å². The van der Waals surface area contributed by atoms with Crippen molar-refractivity contribution in [2.45, 2.75) is 109 Å². The third-order valence-electron chi connectivity index (χ3n) is 4.88. The molecule has 23 heavy (non-hydrogen) atoms. The third kappa shape index (κ3) is 10.9. The highest BCUT2D eigenvalue weighted by Crippen LogP contribution is 2.14. The van der Waals surface area contributed by atoms with E-state index in [2.05, 4.69) is 18.3 Å². The van der Waals surface area contributed by atoms with Crippen LogP contribution < -0.4 is 5.32 Å². The fourth-order valence-corrected chi connectivity index (χ4v) is 3.36.